The van der Waals surface area contributed by atoms with E-state index in [1.807, 2.05) is 0 Å². The van der Waals surface area contributed by atoms with Crippen molar-refractivity contribution in [3.05, 3.63) is 71.3 Å². The van der Waals surface area contributed by atoms with Gasteiger partial charge in [-0.1, -0.05) is 75.4 Å². The number of nitrogens with one attached hydrogen (secondary N) is 1. The molecule has 0 aliphatic carbocycles. The highest BCUT2D eigenvalue weighted by molar-refractivity contribution is 5.24. The van der Waals surface area contributed by atoms with Gasteiger partial charge in [0.25, 0.3) is 0 Å². The highest BCUT2D eigenvalue weighted by atomic mass is 14.9. The molecule has 0 aliphatic heterocycles. The summed E-state index contributed by atoms with van der Waals surface area (Å²) < 4.78 is 0. The Morgan fingerprint density at radius 3 is 2.05 bits per heavy atom. The largest absolute Gasteiger partial charge is 0.306 e. The van der Waals surface area contributed by atoms with Gasteiger partial charge >= 0.3 is 0 Å². The Kier molecular flexibility index (Phi) is 6.01. The molecule has 21 heavy (non-hydrogen) atoms. The summed E-state index contributed by atoms with van der Waals surface area (Å²) in [6, 6.07) is 20.2. The number of benzene rings is 2. The van der Waals surface area contributed by atoms with E-state index < -0.39 is 0 Å². The van der Waals surface area contributed by atoms with Crippen LogP contribution in [0.2, 0.25) is 0 Å². The first-order valence-electron chi connectivity index (χ1n) is 8.05. The molecule has 0 heterocycles. The van der Waals surface area contributed by atoms with Crippen molar-refractivity contribution in [2.24, 2.45) is 5.92 Å². The molecule has 0 fully saturated rings. The van der Waals surface area contributed by atoms with Crippen LogP contribution < -0.4 is 5.32 Å². The minimum absolute atomic E-state index is 0.432. The Labute approximate surface area is 129 Å². The Hall–Kier alpha value is -1.60. The van der Waals surface area contributed by atoms with Crippen LogP contribution in [0.25, 0.3) is 0 Å². The predicted molar refractivity (Wildman–Crippen MR) is 91.3 cm³/mol. The zero-order chi connectivity index (χ0) is 15.1. The summed E-state index contributed by atoms with van der Waals surface area (Å²) in [4.78, 5) is 0. The van der Waals surface area contributed by atoms with Gasteiger partial charge in [-0.05, 0) is 35.4 Å². The Bertz CT molecular complexity index is 513. The van der Waals surface area contributed by atoms with Gasteiger partial charge in [0.1, 0.15) is 0 Å². The third kappa shape index (κ3) is 5.02. The normalized spacial score (nSPS) is 12.6. The fraction of sp³-hybridized carbons (Fsp3) is 0.400. The molecular formula is C20H27N. The van der Waals surface area contributed by atoms with Crippen molar-refractivity contribution in [1.82, 2.24) is 5.32 Å². The second-order valence-electron chi connectivity index (χ2n) is 6.17. The quantitative estimate of drug-likeness (QED) is 0.742. The Balaban J connectivity index is 1.92. The zero-order valence-corrected chi connectivity index (χ0v) is 13.5. The molecule has 0 saturated carbocycles. The molecule has 112 valence electrons. The third-order valence-electron chi connectivity index (χ3n) is 3.83. The molecule has 1 heteroatoms. The smallest absolute Gasteiger partial charge is 0.0320 e. The topological polar surface area (TPSA) is 12.0 Å². The van der Waals surface area contributed by atoms with Crippen LogP contribution in [-0.4, -0.2) is 0 Å². The molecule has 0 spiro atoms. The summed E-state index contributed by atoms with van der Waals surface area (Å²) in [5.74, 6) is 0.719. The van der Waals surface area contributed by atoms with Gasteiger partial charge in [-0.25, -0.2) is 0 Å². The van der Waals surface area contributed by atoms with Gasteiger partial charge < -0.3 is 5.32 Å². The maximum atomic E-state index is 3.66. The van der Waals surface area contributed by atoms with Crippen molar-refractivity contribution in [3.8, 4) is 0 Å². The first-order chi connectivity index (χ1) is 10.2. The molecule has 0 aliphatic rings. The maximum Gasteiger partial charge on any atom is 0.0320 e. The summed E-state index contributed by atoms with van der Waals surface area (Å²) in [7, 11) is 0. The summed E-state index contributed by atoms with van der Waals surface area (Å²) in [5.41, 5.74) is 4.16. The summed E-state index contributed by atoms with van der Waals surface area (Å²) in [6.07, 6.45) is 2.27. The van der Waals surface area contributed by atoms with Gasteiger partial charge in [-0.2, -0.15) is 0 Å². The van der Waals surface area contributed by atoms with Gasteiger partial charge in [0.2, 0.25) is 0 Å². The van der Waals surface area contributed by atoms with Crippen molar-refractivity contribution < 1.29 is 0 Å². The fourth-order valence-electron chi connectivity index (χ4n) is 2.69. The van der Waals surface area contributed by atoms with E-state index in [1.165, 1.54) is 16.7 Å². The molecule has 1 atom stereocenters. The monoisotopic (exact) mass is 281 g/mol. The number of hydrogen-bond donors (Lipinski definition) is 1. The fourth-order valence-corrected chi connectivity index (χ4v) is 2.69. The molecule has 2 rings (SSSR count). The number of rotatable bonds is 7. The Morgan fingerprint density at radius 2 is 1.48 bits per heavy atom. The zero-order valence-electron chi connectivity index (χ0n) is 13.5. The van der Waals surface area contributed by atoms with Crippen LogP contribution in [-0.2, 0) is 13.0 Å². The molecule has 2 aromatic rings. The summed E-state index contributed by atoms with van der Waals surface area (Å²) >= 11 is 0. The molecular weight excluding hydrogens is 254 g/mol. The first-order valence-corrected chi connectivity index (χ1v) is 8.05. The minimum Gasteiger partial charge on any atom is -0.306 e. The molecule has 2 aromatic carbocycles. The van der Waals surface area contributed by atoms with Crippen molar-refractivity contribution in [2.45, 2.75) is 46.2 Å². The standard InChI is InChI=1S/C20H27N/c1-4-20(19-8-6-5-7-9-19)21-15-18-12-10-17(11-13-18)14-16(2)3/h5-13,16,20-21H,4,14-15H2,1-3H3. The van der Waals surface area contributed by atoms with E-state index in [2.05, 4.69) is 80.7 Å². The average molecular weight is 281 g/mol. The maximum absolute atomic E-state index is 3.66. The van der Waals surface area contributed by atoms with Gasteiger partial charge in [0.05, 0.1) is 0 Å². The molecule has 1 N–H and O–H groups in total. The molecule has 0 aromatic heterocycles. The summed E-state index contributed by atoms with van der Waals surface area (Å²) in [6.45, 7) is 7.69. The SMILES string of the molecule is CCC(NCc1ccc(CC(C)C)cc1)c1ccccc1. The lowest BCUT2D eigenvalue weighted by Crippen LogP contribution is -2.20. The van der Waals surface area contributed by atoms with Crippen molar-refractivity contribution >= 4 is 0 Å². The van der Waals surface area contributed by atoms with Crippen LogP contribution in [0.3, 0.4) is 0 Å². The summed E-state index contributed by atoms with van der Waals surface area (Å²) in [5, 5.41) is 3.66. The van der Waals surface area contributed by atoms with E-state index in [0.29, 0.717) is 6.04 Å². The van der Waals surface area contributed by atoms with E-state index in [-0.39, 0.29) is 0 Å². The lowest BCUT2D eigenvalue weighted by atomic mass is 10.0. The third-order valence-corrected chi connectivity index (χ3v) is 3.83. The average Bonchev–Trinajstić information content (AvgIpc) is 2.50. The highest BCUT2D eigenvalue weighted by Crippen LogP contribution is 2.17. The minimum atomic E-state index is 0.432. The molecule has 1 unspecified atom stereocenters. The van der Waals surface area contributed by atoms with E-state index in [0.717, 1.165) is 25.3 Å². The van der Waals surface area contributed by atoms with E-state index in [4.69, 9.17) is 0 Å². The van der Waals surface area contributed by atoms with Crippen LogP contribution >= 0.6 is 0 Å². The molecule has 0 saturated heterocycles. The van der Waals surface area contributed by atoms with Gasteiger partial charge in [-0.3, -0.25) is 0 Å². The molecule has 0 radical (unpaired) electrons. The van der Waals surface area contributed by atoms with E-state index in [9.17, 15) is 0 Å². The van der Waals surface area contributed by atoms with Crippen LogP contribution in [0.5, 0.6) is 0 Å². The molecule has 0 bridgehead atoms. The lowest BCUT2D eigenvalue weighted by molar-refractivity contribution is 0.519. The van der Waals surface area contributed by atoms with Gasteiger partial charge in [-0.15, -0.1) is 0 Å². The molecule has 0 amide bonds. The Morgan fingerprint density at radius 1 is 0.857 bits per heavy atom. The highest BCUT2D eigenvalue weighted by Gasteiger charge is 2.07. The van der Waals surface area contributed by atoms with Crippen molar-refractivity contribution in [3.63, 3.8) is 0 Å². The second-order valence-corrected chi connectivity index (χ2v) is 6.17. The second kappa shape index (κ2) is 7.99. The van der Waals surface area contributed by atoms with E-state index >= 15 is 0 Å². The van der Waals surface area contributed by atoms with Crippen LogP contribution in [0.15, 0.2) is 54.6 Å². The number of hydrogen-bond acceptors (Lipinski definition) is 1. The van der Waals surface area contributed by atoms with Crippen LogP contribution in [0, 0.1) is 5.92 Å². The van der Waals surface area contributed by atoms with Gasteiger partial charge in [0, 0.05) is 12.6 Å². The van der Waals surface area contributed by atoms with Crippen molar-refractivity contribution in [2.75, 3.05) is 0 Å². The molecule has 1 nitrogen and oxygen atoms in total. The van der Waals surface area contributed by atoms with Gasteiger partial charge in [0.15, 0.2) is 0 Å². The van der Waals surface area contributed by atoms with E-state index in [1.54, 1.807) is 0 Å². The lowest BCUT2D eigenvalue weighted by Gasteiger charge is -2.17. The van der Waals surface area contributed by atoms with Crippen LogP contribution in [0.4, 0.5) is 0 Å². The van der Waals surface area contributed by atoms with Crippen molar-refractivity contribution in [1.29, 1.82) is 0 Å². The predicted octanol–water partition coefficient (Wildman–Crippen LogP) is 5.13. The first kappa shape index (κ1) is 15.8. The van der Waals surface area contributed by atoms with Crippen LogP contribution in [0.1, 0.15) is 49.9 Å².